The molecule has 0 aromatic heterocycles. The van der Waals surface area contributed by atoms with E-state index < -0.39 is 41.0 Å². The monoisotopic (exact) mass is 606 g/mol. The van der Waals surface area contributed by atoms with Crippen LogP contribution in [0.1, 0.15) is 47.1 Å². The molecule has 2 amide bonds. The predicted molar refractivity (Wildman–Crippen MR) is 160 cm³/mol. The molecular formula is C32H35BrN2O5. The molecule has 4 rings (SSSR count). The fraction of sp³-hybridized carbons (Fsp3) is 0.344. The van der Waals surface area contributed by atoms with Crippen LogP contribution in [0.5, 0.6) is 5.75 Å². The van der Waals surface area contributed by atoms with E-state index in [-0.39, 0.29) is 6.42 Å². The maximum atomic E-state index is 14.0. The number of carbonyl (C=O) groups excluding carboxylic acids is 3. The summed E-state index contributed by atoms with van der Waals surface area (Å²) in [5, 5.41) is 17.5. The maximum absolute atomic E-state index is 14.0. The third-order valence-electron chi connectivity index (χ3n) is 7.67. The molecule has 40 heavy (non-hydrogen) atoms. The fourth-order valence-electron chi connectivity index (χ4n) is 5.71. The number of anilines is 2. The predicted octanol–water partition coefficient (Wildman–Crippen LogP) is 6.01. The lowest BCUT2D eigenvalue weighted by Crippen LogP contribution is -2.56. The number of Topliss-reactive ketones (excluding diaryl/α,β-unsaturated/α-hetero) is 1. The molecule has 3 aromatic rings. The van der Waals surface area contributed by atoms with Gasteiger partial charge in [-0.2, -0.15) is 0 Å². The van der Waals surface area contributed by atoms with E-state index in [9.17, 15) is 19.5 Å². The summed E-state index contributed by atoms with van der Waals surface area (Å²) in [6.07, 6.45) is -0.337. The highest BCUT2D eigenvalue weighted by Gasteiger charge is 2.56. The van der Waals surface area contributed by atoms with Gasteiger partial charge in [-0.05, 0) is 91.5 Å². The van der Waals surface area contributed by atoms with E-state index in [4.69, 9.17) is 4.74 Å². The average molecular weight is 608 g/mol. The van der Waals surface area contributed by atoms with E-state index in [1.54, 1.807) is 24.3 Å². The van der Waals surface area contributed by atoms with Crippen molar-refractivity contribution < 1.29 is 24.2 Å². The minimum atomic E-state index is -1.70. The van der Waals surface area contributed by atoms with Crippen LogP contribution < -0.4 is 15.4 Å². The lowest BCUT2D eigenvalue weighted by atomic mass is 9.61. The van der Waals surface area contributed by atoms with Crippen molar-refractivity contribution in [3.8, 4) is 5.75 Å². The van der Waals surface area contributed by atoms with Crippen molar-refractivity contribution in [2.75, 3.05) is 17.7 Å². The molecule has 0 radical (unpaired) electrons. The van der Waals surface area contributed by atoms with Crippen LogP contribution in [0.4, 0.5) is 11.4 Å². The number of methoxy groups -OCH3 is 1. The second-order valence-corrected chi connectivity index (χ2v) is 11.8. The zero-order valence-corrected chi connectivity index (χ0v) is 25.2. The molecule has 0 heterocycles. The number of carbonyl (C=O) groups is 3. The second kappa shape index (κ2) is 11.6. The largest absolute Gasteiger partial charge is 0.496 e. The maximum Gasteiger partial charge on any atom is 0.235 e. The van der Waals surface area contributed by atoms with Gasteiger partial charge in [0, 0.05) is 23.7 Å². The summed E-state index contributed by atoms with van der Waals surface area (Å²) in [4.78, 5) is 41.4. The van der Waals surface area contributed by atoms with Gasteiger partial charge in [-0.3, -0.25) is 14.4 Å². The number of benzene rings is 3. The van der Waals surface area contributed by atoms with Gasteiger partial charge in [0.15, 0.2) is 0 Å². The molecule has 0 spiro atoms. The van der Waals surface area contributed by atoms with Crippen LogP contribution in [0.25, 0.3) is 0 Å². The van der Waals surface area contributed by atoms with Crippen molar-refractivity contribution in [2.45, 2.75) is 52.6 Å². The van der Waals surface area contributed by atoms with E-state index in [1.165, 1.54) is 14.0 Å². The van der Waals surface area contributed by atoms with Gasteiger partial charge in [0.2, 0.25) is 11.8 Å². The number of aryl methyl sites for hydroxylation is 4. The number of ketones is 1. The van der Waals surface area contributed by atoms with Crippen LogP contribution >= 0.6 is 15.9 Å². The van der Waals surface area contributed by atoms with Crippen LogP contribution in [0, 0.1) is 39.5 Å². The van der Waals surface area contributed by atoms with E-state index in [0.717, 1.165) is 22.3 Å². The van der Waals surface area contributed by atoms with Crippen molar-refractivity contribution in [3.05, 3.63) is 86.9 Å². The zero-order valence-electron chi connectivity index (χ0n) is 23.6. The van der Waals surface area contributed by atoms with E-state index >= 15 is 0 Å². The van der Waals surface area contributed by atoms with E-state index in [2.05, 4.69) is 26.6 Å². The number of aliphatic hydroxyl groups is 1. The van der Waals surface area contributed by atoms with Crippen molar-refractivity contribution in [1.82, 2.24) is 0 Å². The van der Waals surface area contributed by atoms with Crippen molar-refractivity contribution in [2.24, 2.45) is 11.8 Å². The number of hydrogen-bond acceptors (Lipinski definition) is 5. The number of nitrogens with one attached hydrogen (secondary N) is 2. The fourth-order valence-corrected chi connectivity index (χ4v) is 6.27. The first-order chi connectivity index (χ1) is 18.8. The molecule has 4 atom stereocenters. The lowest BCUT2D eigenvalue weighted by molar-refractivity contribution is -0.150. The van der Waals surface area contributed by atoms with Crippen LogP contribution in [0.15, 0.2) is 59.1 Å². The van der Waals surface area contributed by atoms with Crippen LogP contribution in [0.3, 0.4) is 0 Å². The summed E-state index contributed by atoms with van der Waals surface area (Å²) in [7, 11) is 1.54. The molecule has 0 bridgehead atoms. The number of ether oxygens (including phenoxy) is 1. The Balaban J connectivity index is 1.81. The number of amides is 2. The molecule has 1 fully saturated rings. The Labute approximate surface area is 243 Å². The Bertz CT molecular complexity index is 1480. The van der Waals surface area contributed by atoms with Crippen LogP contribution in [-0.4, -0.2) is 35.4 Å². The standard InChI is InChI=1S/C32H35BrN2O5/c1-17-7-10-23(19(3)13-17)34-30(37)28-25(36)16-32(5,39)29(27(28)21-9-12-26(40-6)22(33)15-21)31(38)35-24-11-8-18(2)14-20(24)4/h7-15,27-29,39H,16H2,1-6H3,(H,34,37)(H,35,38). The van der Waals surface area contributed by atoms with E-state index in [0.29, 0.717) is 27.2 Å². The summed E-state index contributed by atoms with van der Waals surface area (Å²) in [5.41, 5.74) is 3.87. The first kappa shape index (κ1) is 29.5. The smallest absolute Gasteiger partial charge is 0.235 e. The molecule has 8 heteroatoms. The quantitative estimate of drug-likeness (QED) is 0.298. The molecule has 7 nitrogen and oxygen atoms in total. The third kappa shape index (κ3) is 5.98. The Kier molecular flexibility index (Phi) is 8.52. The molecule has 0 saturated heterocycles. The summed E-state index contributed by atoms with van der Waals surface area (Å²) in [6, 6.07) is 16.5. The highest BCUT2D eigenvalue weighted by Crippen LogP contribution is 2.47. The van der Waals surface area contributed by atoms with E-state index in [1.807, 2.05) is 58.0 Å². The van der Waals surface area contributed by atoms with Crippen molar-refractivity contribution in [3.63, 3.8) is 0 Å². The van der Waals surface area contributed by atoms with Gasteiger partial charge < -0.3 is 20.5 Å². The molecule has 1 aliphatic carbocycles. The minimum absolute atomic E-state index is 0.337. The molecule has 1 saturated carbocycles. The molecule has 210 valence electrons. The summed E-state index contributed by atoms with van der Waals surface area (Å²) >= 11 is 3.50. The zero-order chi connectivity index (χ0) is 29.4. The average Bonchev–Trinajstić information content (AvgIpc) is 2.86. The normalized spacial score (nSPS) is 22.5. The van der Waals surface area contributed by atoms with Crippen LogP contribution in [0.2, 0.25) is 0 Å². The van der Waals surface area contributed by atoms with Gasteiger partial charge in [0.1, 0.15) is 17.5 Å². The minimum Gasteiger partial charge on any atom is -0.496 e. The Morgan fingerprint density at radius 1 is 0.900 bits per heavy atom. The Hall–Kier alpha value is -3.49. The summed E-state index contributed by atoms with van der Waals surface area (Å²) in [6.45, 7) is 9.19. The molecular weight excluding hydrogens is 572 g/mol. The van der Waals surface area contributed by atoms with Gasteiger partial charge in [0.25, 0.3) is 0 Å². The summed E-state index contributed by atoms with van der Waals surface area (Å²) < 4.78 is 5.98. The molecule has 4 unspecified atom stereocenters. The van der Waals surface area contributed by atoms with Gasteiger partial charge in [-0.1, -0.05) is 41.5 Å². The highest BCUT2D eigenvalue weighted by atomic mass is 79.9. The van der Waals surface area contributed by atoms with Gasteiger partial charge in [0.05, 0.1) is 23.1 Å². The molecule has 1 aliphatic rings. The molecule has 0 aliphatic heterocycles. The van der Waals surface area contributed by atoms with Crippen molar-refractivity contribution in [1.29, 1.82) is 0 Å². The molecule has 3 N–H and O–H groups in total. The number of hydrogen-bond donors (Lipinski definition) is 3. The Morgan fingerprint density at radius 3 is 1.95 bits per heavy atom. The summed E-state index contributed by atoms with van der Waals surface area (Å²) in [5.74, 6) is -4.13. The number of halogens is 1. The topological polar surface area (TPSA) is 105 Å². The third-order valence-corrected chi connectivity index (χ3v) is 8.29. The highest BCUT2D eigenvalue weighted by molar-refractivity contribution is 9.10. The Morgan fingerprint density at radius 2 is 1.45 bits per heavy atom. The second-order valence-electron chi connectivity index (χ2n) is 11.0. The van der Waals surface area contributed by atoms with Gasteiger partial charge in [-0.25, -0.2) is 0 Å². The first-order valence-corrected chi connectivity index (χ1v) is 14.0. The first-order valence-electron chi connectivity index (χ1n) is 13.2. The number of rotatable bonds is 6. The SMILES string of the molecule is COc1ccc(C2C(C(=O)Nc3ccc(C)cc3C)C(=O)CC(C)(O)C2C(=O)Nc2ccc(C)cc2C)cc1Br. The molecule has 3 aromatic carbocycles. The van der Waals surface area contributed by atoms with Gasteiger partial charge >= 0.3 is 0 Å². The lowest BCUT2D eigenvalue weighted by Gasteiger charge is -2.44. The van der Waals surface area contributed by atoms with Gasteiger partial charge in [-0.15, -0.1) is 0 Å². The van der Waals surface area contributed by atoms with Crippen LogP contribution in [-0.2, 0) is 14.4 Å². The van der Waals surface area contributed by atoms with Crippen molar-refractivity contribution >= 4 is 44.9 Å².